The molecule has 0 saturated heterocycles. The molecule has 114 heavy (non-hydrogen) atoms. The zero-order valence-electron chi connectivity index (χ0n) is 60.5. The minimum Gasteiger partial charge on any atom is -0.309 e. The van der Waals surface area contributed by atoms with Crippen molar-refractivity contribution in [2.75, 3.05) is 0 Å². The standard InChI is InChI=1S/C102H56N6S6/c1-8-25-79-63(16-1)66-44-49-92-95(73-21-6-13-30-88(73)110-92)97(66)107(79)61-40-45-77(103-55-61)90-52-53-91(111-90)78-46-41-62(56-104-78)108-80-26-9-2-17-64(80)75-54-76(102-96(98(75)108)74-22-7-14-31-89(74)113-102)68-24-15-23-67-70-43-48-84-94(101(70)114-99(67)68)72-20-4-11-28-82(72)106(84)60-38-34-58(35-39-60)86-51-50-85(109-86)57-32-36-59(37-33-57)105-81-27-10-3-19-71(81)93-83(105)47-42-69-65-18-5-12-29-87(65)112-100(69)93/h1-56H. The molecule has 26 rings (SSSR count). The largest absolute Gasteiger partial charge is 0.309 e. The summed E-state index contributed by atoms with van der Waals surface area (Å²) < 4.78 is 20.2. The van der Waals surface area contributed by atoms with Gasteiger partial charge < -0.3 is 18.3 Å². The van der Waals surface area contributed by atoms with Crippen molar-refractivity contribution < 1.29 is 0 Å². The number of fused-ring (bicyclic) bond motifs is 28. The molecule has 0 unspecified atom stereocenters. The van der Waals surface area contributed by atoms with Gasteiger partial charge in [-0.3, -0.25) is 9.97 Å². The van der Waals surface area contributed by atoms with Gasteiger partial charge in [0.15, 0.2) is 0 Å². The van der Waals surface area contributed by atoms with E-state index < -0.39 is 0 Å². The zero-order valence-corrected chi connectivity index (χ0v) is 65.4. The van der Waals surface area contributed by atoms with Crippen LogP contribution in [0.25, 0.3) is 244 Å². The number of aromatic nitrogens is 6. The first-order valence-electron chi connectivity index (χ1n) is 38.3. The highest BCUT2D eigenvalue weighted by atomic mass is 32.1. The Hall–Kier alpha value is -13.1. The van der Waals surface area contributed by atoms with Crippen molar-refractivity contribution in [3.63, 3.8) is 0 Å². The van der Waals surface area contributed by atoms with E-state index in [4.69, 9.17) is 9.97 Å². The Bertz CT molecular complexity index is 8600. The van der Waals surface area contributed by atoms with E-state index in [1.54, 1.807) is 11.3 Å². The molecule has 0 spiro atoms. The van der Waals surface area contributed by atoms with Crippen LogP contribution in [0.3, 0.4) is 0 Å². The molecule has 0 amide bonds. The van der Waals surface area contributed by atoms with E-state index in [1.807, 2.05) is 62.9 Å². The van der Waals surface area contributed by atoms with Crippen molar-refractivity contribution >= 4 is 236 Å². The van der Waals surface area contributed by atoms with Gasteiger partial charge in [-0.15, -0.1) is 68.0 Å². The molecule has 6 nitrogen and oxygen atoms in total. The smallest absolute Gasteiger partial charge is 0.0803 e. The number of pyridine rings is 2. The second-order valence-electron chi connectivity index (χ2n) is 29.7. The van der Waals surface area contributed by atoms with E-state index in [-0.39, 0.29) is 0 Å². The summed E-state index contributed by atoms with van der Waals surface area (Å²) in [5, 5.41) is 20.4. The predicted molar refractivity (Wildman–Crippen MR) is 494 cm³/mol. The van der Waals surface area contributed by atoms with Crippen molar-refractivity contribution in [2.24, 2.45) is 0 Å². The van der Waals surface area contributed by atoms with E-state index in [0.717, 1.165) is 49.4 Å². The molecule has 0 saturated carbocycles. The third-order valence-corrected chi connectivity index (χ3v) is 30.9. The minimum absolute atomic E-state index is 0.930. The SMILES string of the molecule is c1ccc2c(c1)sc1c2ccc2c1c1ccccc1n2-c1ccc(-c2ccc(-c3ccc(-n4c5ccccc5c5c6sc7c(-c8cc9c%10ccccc%10n(-c%10ccc(-c%11ccc(-c%12ccc(-n%13c%14ccccc%14c%14ccc%15sc%16ccccc%16c%15c%14%13)cn%12)s%11)nc%10)c9c9c8sc8ccccc89)cccc7c6ccc54)cc3)s2)cc1. The average Bonchev–Trinajstić information content (AvgIpc) is 1.55. The summed E-state index contributed by atoms with van der Waals surface area (Å²) in [6.45, 7) is 0. The highest BCUT2D eigenvalue weighted by Crippen LogP contribution is 2.54. The van der Waals surface area contributed by atoms with Crippen molar-refractivity contribution in [2.45, 2.75) is 0 Å². The summed E-state index contributed by atoms with van der Waals surface area (Å²) in [7, 11) is 0. The lowest BCUT2D eigenvalue weighted by molar-refractivity contribution is 1.15. The number of nitrogens with zero attached hydrogens (tertiary/aromatic N) is 6. The second kappa shape index (κ2) is 24.2. The number of para-hydroxylation sites is 4. The van der Waals surface area contributed by atoms with Crippen LogP contribution < -0.4 is 0 Å². The van der Waals surface area contributed by atoms with E-state index in [2.05, 4.69) is 352 Å². The molecule has 530 valence electrons. The van der Waals surface area contributed by atoms with Crippen LogP contribution >= 0.6 is 68.0 Å². The maximum absolute atomic E-state index is 5.30. The Balaban J connectivity index is 0.531. The van der Waals surface area contributed by atoms with Crippen molar-refractivity contribution in [3.05, 3.63) is 340 Å². The van der Waals surface area contributed by atoms with Crippen LogP contribution in [0, 0.1) is 0 Å². The monoisotopic (exact) mass is 1560 g/mol. The van der Waals surface area contributed by atoms with Crippen LogP contribution in [-0.4, -0.2) is 28.2 Å². The van der Waals surface area contributed by atoms with Gasteiger partial charge in [0.25, 0.3) is 0 Å². The Morgan fingerprint density at radius 3 is 1.20 bits per heavy atom. The maximum atomic E-state index is 5.30. The third kappa shape index (κ3) is 9.08. The van der Waals surface area contributed by atoms with E-state index in [9.17, 15) is 0 Å². The summed E-state index contributed by atoms with van der Waals surface area (Å²) in [6, 6.07) is 122. The summed E-state index contributed by atoms with van der Waals surface area (Å²) >= 11 is 11.2. The molecule has 0 bridgehead atoms. The summed E-state index contributed by atoms with van der Waals surface area (Å²) in [6.07, 6.45) is 4.12. The molecular weight excluding hydrogens is 1500 g/mol. The molecule has 0 aliphatic carbocycles. The summed E-state index contributed by atoms with van der Waals surface area (Å²) in [5.74, 6) is 0. The summed E-state index contributed by atoms with van der Waals surface area (Å²) in [4.78, 5) is 15.2. The van der Waals surface area contributed by atoms with Crippen LogP contribution in [0.1, 0.15) is 0 Å². The van der Waals surface area contributed by atoms with E-state index in [1.165, 1.54) is 194 Å². The van der Waals surface area contributed by atoms with Crippen LogP contribution in [0.2, 0.25) is 0 Å². The van der Waals surface area contributed by atoms with Gasteiger partial charge >= 0.3 is 0 Å². The van der Waals surface area contributed by atoms with E-state index in [0.29, 0.717) is 0 Å². The Morgan fingerprint density at radius 1 is 0.202 bits per heavy atom. The normalized spacial score (nSPS) is 12.4. The van der Waals surface area contributed by atoms with Crippen LogP contribution in [-0.2, 0) is 0 Å². The number of benzene rings is 14. The molecular formula is C102H56N6S6. The van der Waals surface area contributed by atoms with Gasteiger partial charge in [0, 0.05) is 156 Å². The Morgan fingerprint density at radius 2 is 0.623 bits per heavy atom. The number of hydrogen-bond donors (Lipinski definition) is 0. The molecule has 0 radical (unpaired) electrons. The average molecular weight is 1560 g/mol. The Kier molecular flexibility index (Phi) is 13.5. The second-order valence-corrected chi connectivity index (χ2v) is 36.1. The van der Waals surface area contributed by atoms with Crippen LogP contribution in [0.4, 0.5) is 0 Å². The van der Waals surface area contributed by atoms with Gasteiger partial charge in [0.1, 0.15) is 0 Å². The van der Waals surface area contributed by atoms with Gasteiger partial charge in [0.05, 0.1) is 89.0 Å². The zero-order chi connectivity index (χ0) is 74.1. The van der Waals surface area contributed by atoms with Gasteiger partial charge in [-0.25, -0.2) is 0 Å². The third-order valence-electron chi connectivity index (χ3n) is 23.8. The molecule has 0 N–H and O–H groups in total. The van der Waals surface area contributed by atoms with Crippen molar-refractivity contribution in [3.8, 4) is 75.9 Å². The van der Waals surface area contributed by atoms with E-state index >= 15 is 0 Å². The number of rotatable bonds is 9. The van der Waals surface area contributed by atoms with Gasteiger partial charge in [-0.05, 0) is 151 Å². The fourth-order valence-electron chi connectivity index (χ4n) is 18.8. The summed E-state index contributed by atoms with van der Waals surface area (Å²) in [5.41, 5.74) is 20.8. The quantitative estimate of drug-likeness (QED) is 0.145. The minimum atomic E-state index is 0.930. The molecule has 12 aromatic heterocycles. The van der Waals surface area contributed by atoms with Crippen LogP contribution in [0.15, 0.2) is 340 Å². The fourth-order valence-corrected chi connectivity index (χ4v) is 25.8. The van der Waals surface area contributed by atoms with Gasteiger partial charge in [-0.1, -0.05) is 188 Å². The fraction of sp³-hybridized carbons (Fsp3) is 0. The van der Waals surface area contributed by atoms with Crippen molar-refractivity contribution in [1.29, 1.82) is 0 Å². The van der Waals surface area contributed by atoms with Crippen LogP contribution in [0.5, 0.6) is 0 Å². The number of hydrogen-bond acceptors (Lipinski definition) is 8. The molecule has 12 heterocycles. The lowest BCUT2D eigenvalue weighted by atomic mass is 9.97. The molecule has 0 aliphatic heterocycles. The van der Waals surface area contributed by atoms with Crippen molar-refractivity contribution in [1.82, 2.24) is 28.2 Å². The molecule has 14 aromatic carbocycles. The highest BCUT2D eigenvalue weighted by Gasteiger charge is 2.27. The lowest BCUT2D eigenvalue weighted by Crippen LogP contribution is -1.96. The van der Waals surface area contributed by atoms with Gasteiger partial charge in [-0.2, -0.15) is 0 Å². The lowest BCUT2D eigenvalue weighted by Gasteiger charge is -2.12. The molecule has 0 fully saturated rings. The van der Waals surface area contributed by atoms with Gasteiger partial charge in [0.2, 0.25) is 0 Å². The Labute approximate surface area is 674 Å². The molecule has 26 aromatic rings. The number of thiophene rings is 6. The molecule has 0 aliphatic rings. The first kappa shape index (κ1) is 63.5. The highest BCUT2D eigenvalue weighted by molar-refractivity contribution is 7.28. The molecule has 0 atom stereocenters. The topological polar surface area (TPSA) is 45.5 Å². The first-order valence-corrected chi connectivity index (χ1v) is 43.2. The molecule has 12 heteroatoms. The maximum Gasteiger partial charge on any atom is 0.0803 e. The first-order chi connectivity index (χ1) is 56.5. The predicted octanol–water partition coefficient (Wildman–Crippen LogP) is 30.8.